The Balaban J connectivity index is 2.63. The van der Waals surface area contributed by atoms with Crippen molar-refractivity contribution >= 4 is 5.69 Å². The van der Waals surface area contributed by atoms with Gasteiger partial charge in [0.2, 0.25) is 0 Å². The van der Waals surface area contributed by atoms with Gasteiger partial charge in [-0.2, -0.15) is 13.2 Å². The molecule has 0 aromatic heterocycles. The van der Waals surface area contributed by atoms with Crippen molar-refractivity contribution in [2.45, 2.75) is 18.4 Å². The van der Waals surface area contributed by atoms with Crippen molar-refractivity contribution in [2.75, 3.05) is 18.5 Å². The van der Waals surface area contributed by atoms with Crippen LogP contribution in [0.15, 0.2) is 24.3 Å². The van der Waals surface area contributed by atoms with Crippen LogP contribution >= 0.6 is 0 Å². The first-order valence-electron chi connectivity index (χ1n) is 5.22. The fourth-order valence-electron chi connectivity index (χ4n) is 1.29. The summed E-state index contributed by atoms with van der Waals surface area (Å²) in [6.07, 6.45) is -8.21. The van der Waals surface area contributed by atoms with E-state index in [4.69, 9.17) is 10.2 Å². The fourth-order valence-corrected chi connectivity index (χ4v) is 1.29. The molecule has 0 amide bonds. The summed E-state index contributed by atoms with van der Waals surface area (Å²) in [6, 6.07) is 5.96. The third kappa shape index (κ3) is 4.17. The Morgan fingerprint density at radius 2 is 1.89 bits per heavy atom. The highest BCUT2D eigenvalue weighted by atomic mass is 19.4. The Bertz CT molecular complexity index is 384. The minimum absolute atomic E-state index is 0.323. The Morgan fingerprint density at radius 3 is 2.44 bits per heavy atom. The van der Waals surface area contributed by atoms with Gasteiger partial charge in [-0.15, -0.1) is 0 Å². The lowest BCUT2D eigenvalue weighted by atomic mass is 10.1. The van der Waals surface area contributed by atoms with Crippen molar-refractivity contribution in [1.82, 2.24) is 0 Å². The van der Waals surface area contributed by atoms with Gasteiger partial charge in [0, 0.05) is 12.2 Å². The van der Waals surface area contributed by atoms with Crippen LogP contribution in [0.2, 0.25) is 0 Å². The maximum atomic E-state index is 12.1. The summed E-state index contributed by atoms with van der Waals surface area (Å²) in [5, 5.41) is 29.3. The van der Waals surface area contributed by atoms with Gasteiger partial charge < -0.3 is 20.6 Å². The molecule has 7 heteroatoms. The number of halogens is 3. The van der Waals surface area contributed by atoms with E-state index in [-0.39, 0.29) is 0 Å². The second-order valence-corrected chi connectivity index (χ2v) is 3.76. The molecule has 1 rings (SSSR count). The van der Waals surface area contributed by atoms with E-state index in [9.17, 15) is 18.3 Å². The predicted molar refractivity (Wildman–Crippen MR) is 59.0 cm³/mol. The molecule has 0 saturated heterocycles. The van der Waals surface area contributed by atoms with Crippen molar-refractivity contribution in [1.29, 1.82) is 0 Å². The van der Waals surface area contributed by atoms with Crippen LogP contribution < -0.4 is 5.32 Å². The maximum absolute atomic E-state index is 12.1. The largest absolute Gasteiger partial charge is 0.416 e. The molecular formula is C11H14F3NO3. The van der Waals surface area contributed by atoms with Crippen molar-refractivity contribution in [3.63, 3.8) is 0 Å². The summed E-state index contributed by atoms with van der Waals surface area (Å²) in [5.41, 5.74) is 0.701. The molecule has 0 spiro atoms. The molecule has 0 radical (unpaired) electrons. The highest BCUT2D eigenvalue weighted by molar-refractivity contribution is 5.46. The topological polar surface area (TPSA) is 72.7 Å². The molecule has 1 aromatic rings. The summed E-state index contributed by atoms with van der Waals surface area (Å²) in [7, 11) is 0. The summed E-state index contributed by atoms with van der Waals surface area (Å²) in [4.78, 5) is 0. The predicted octanol–water partition coefficient (Wildman–Crippen LogP) is 1.05. The SMILES string of the molecule is OCC(O)c1cccc(NC[C@@H](O)C(F)(F)F)c1. The first-order chi connectivity index (χ1) is 8.34. The van der Waals surface area contributed by atoms with Gasteiger partial charge in [-0.05, 0) is 17.7 Å². The van der Waals surface area contributed by atoms with Gasteiger partial charge in [0.05, 0.1) is 6.61 Å². The van der Waals surface area contributed by atoms with E-state index in [1.165, 1.54) is 24.3 Å². The van der Waals surface area contributed by atoms with E-state index in [0.29, 0.717) is 11.3 Å². The van der Waals surface area contributed by atoms with Crippen LogP contribution in [0.3, 0.4) is 0 Å². The van der Waals surface area contributed by atoms with E-state index < -0.39 is 31.5 Å². The lowest BCUT2D eigenvalue weighted by Gasteiger charge is -2.16. The fraction of sp³-hybridized carbons (Fsp3) is 0.455. The number of aliphatic hydroxyl groups is 3. The van der Waals surface area contributed by atoms with E-state index >= 15 is 0 Å². The highest BCUT2D eigenvalue weighted by Crippen LogP contribution is 2.21. The molecule has 1 aromatic carbocycles. The number of hydrogen-bond donors (Lipinski definition) is 4. The molecule has 102 valence electrons. The maximum Gasteiger partial charge on any atom is 0.416 e. The standard InChI is InChI=1S/C11H14F3NO3/c12-11(13,14)10(18)5-15-8-3-1-2-7(4-8)9(17)6-16/h1-4,9-10,15-18H,5-6H2/t9?,10-/m1/s1. The van der Waals surface area contributed by atoms with Crippen LogP contribution in [0.1, 0.15) is 11.7 Å². The van der Waals surface area contributed by atoms with Crippen LogP contribution in [-0.2, 0) is 0 Å². The van der Waals surface area contributed by atoms with E-state index in [1.807, 2.05) is 0 Å². The molecule has 18 heavy (non-hydrogen) atoms. The molecule has 2 atom stereocenters. The van der Waals surface area contributed by atoms with Gasteiger partial charge >= 0.3 is 6.18 Å². The van der Waals surface area contributed by atoms with Crippen molar-refractivity contribution in [2.24, 2.45) is 0 Å². The first-order valence-corrected chi connectivity index (χ1v) is 5.22. The number of anilines is 1. The Labute approximate surface area is 102 Å². The Hall–Kier alpha value is -1.31. The smallest absolute Gasteiger partial charge is 0.393 e. The van der Waals surface area contributed by atoms with Crippen LogP contribution in [0.5, 0.6) is 0 Å². The highest BCUT2D eigenvalue weighted by Gasteiger charge is 2.37. The van der Waals surface area contributed by atoms with Crippen LogP contribution in [0.25, 0.3) is 0 Å². The average molecular weight is 265 g/mol. The molecule has 0 fully saturated rings. The lowest BCUT2D eigenvalue weighted by molar-refractivity contribution is -0.198. The second kappa shape index (κ2) is 6.03. The first kappa shape index (κ1) is 14.7. The molecule has 0 saturated carbocycles. The van der Waals surface area contributed by atoms with Gasteiger partial charge in [-0.1, -0.05) is 12.1 Å². The van der Waals surface area contributed by atoms with E-state index in [2.05, 4.69) is 5.32 Å². The second-order valence-electron chi connectivity index (χ2n) is 3.76. The minimum atomic E-state index is -4.67. The van der Waals surface area contributed by atoms with Gasteiger partial charge in [0.15, 0.2) is 6.10 Å². The third-order valence-corrected chi connectivity index (χ3v) is 2.32. The summed E-state index contributed by atoms with van der Waals surface area (Å²) >= 11 is 0. The average Bonchev–Trinajstić information content (AvgIpc) is 2.34. The van der Waals surface area contributed by atoms with Crippen molar-refractivity contribution in [3.05, 3.63) is 29.8 Å². The van der Waals surface area contributed by atoms with Gasteiger partial charge in [0.25, 0.3) is 0 Å². The summed E-state index contributed by atoms with van der Waals surface area (Å²) < 4.78 is 36.2. The molecular weight excluding hydrogens is 251 g/mol. The molecule has 0 aliphatic rings. The van der Waals surface area contributed by atoms with Gasteiger partial charge in [-0.3, -0.25) is 0 Å². The molecule has 4 nitrogen and oxygen atoms in total. The van der Waals surface area contributed by atoms with Crippen LogP contribution in [0, 0.1) is 0 Å². The molecule has 0 aliphatic carbocycles. The third-order valence-electron chi connectivity index (χ3n) is 2.32. The molecule has 0 aliphatic heterocycles. The zero-order chi connectivity index (χ0) is 13.8. The molecule has 1 unspecified atom stereocenters. The molecule has 0 bridgehead atoms. The number of rotatable bonds is 5. The Kier molecular flexibility index (Phi) is 4.94. The number of benzene rings is 1. The van der Waals surface area contributed by atoms with Gasteiger partial charge in [-0.25, -0.2) is 0 Å². The summed E-state index contributed by atoms with van der Waals surface area (Å²) in [5.74, 6) is 0. The molecule has 0 heterocycles. The molecule has 4 N–H and O–H groups in total. The zero-order valence-electron chi connectivity index (χ0n) is 9.35. The number of aliphatic hydroxyl groups excluding tert-OH is 3. The van der Waals surface area contributed by atoms with Crippen LogP contribution in [0.4, 0.5) is 18.9 Å². The normalized spacial score (nSPS) is 15.2. The Morgan fingerprint density at radius 1 is 1.22 bits per heavy atom. The monoisotopic (exact) mass is 265 g/mol. The minimum Gasteiger partial charge on any atom is -0.393 e. The lowest BCUT2D eigenvalue weighted by Crippen LogP contribution is -2.35. The van der Waals surface area contributed by atoms with E-state index in [1.54, 1.807) is 0 Å². The van der Waals surface area contributed by atoms with E-state index in [0.717, 1.165) is 0 Å². The van der Waals surface area contributed by atoms with Crippen molar-refractivity contribution in [3.8, 4) is 0 Å². The number of nitrogens with one attached hydrogen (secondary N) is 1. The van der Waals surface area contributed by atoms with Crippen molar-refractivity contribution < 1.29 is 28.5 Å². The zero-order valence-corrected chi connectivity index (χ0v) is 9.35. The summed E-state index contributed by atoms with van der Waals surface area (Å²) in [6.45, 7) is -1.16. The number of hydrogen-bond acceptors (Lipinski definition) is 4. The van der Waals surface area contributed by atoms with Crippen LogP contribution in [-0.4, -0.2) is 40.8 Å². The quantitative estimate of drug-likeness (QED) is 0.642. The number of alkyl halides is 3. The van der Waals surface area contributed by atoms with Gasteiger partial charge in [0.1, 0.15) is 6.10 Å².